The van der Waals surface area contributed by atoms with Crippen LogP contribution in [0.5, 0.6) is 17.2 Å². The molecule has 3 aromatic carbocycles. The zero-order valence-electron chi connectivity index (χ0n) is 19.4. The topological polar surface area (TPSA) is 69.2 Å². The Labute approximate surface area is 226 Å². The minimum Gasteiger partial charge on any atom is -0.493 e. The maximum absolute atomic E-state index is 13.4. The number of carbonyl (C=O) groups is 1. The fraction of sp³-hybridized carbons (Fsp3) is 0.231. The summed E-state index contributed by atoms with van der Waals surface area (Å²) < 4.78 is 31.3. The highest BCUT2D eigenvalue weighted by Crippen LogP contribution is 2.45. The molecule has 0 spiro atoms. The van der Waals surface area contributed by atoms with Gasteiger partial charge >= 0.3 is 0 Å². The van der Waals surface area contributed by atoms with E-state index in [9.17, 15) is 9.18 Å². The van der Waals surface area contributed by atoms with Gasteiger partial charge in [-0.2, -0.15) is 5.10 Å². The van der Waals surface area contributed by atoms with Crippen molar-refractivity contribution >= 4 is 51.6 Å². The molecular formula is C26H24BrFN2O4S2. The molecule has 1 saturated heterocycles. The first-order valence-corrected chi connectivity index (χ1v) is 13.9. The van der Waals surface area contributed by atoms with Gasteiger partial charge in [0.05, 0.1) is 17.9 Å². The Bertz CT molecular complexity index is 1220. The standard InChI is InChI=1S/C26H24BrFN2O4S2/c1-32-23-12-19(22(27)13-24(23)34-15-17-3-2-4-20(28)11-17)14-29-30-25(31)16-33-21-7-5-18(6-8-21)26-35-9-10-36-26/h2-8,11-14,26H,9-10,15-16H2,1H3,(H,30,31)/b29-14-. The third kappa shape index (κ3) is 7.41. The number of rotatable bonds is 10. The van der Waals surface area contributed by atoms with Crippen LogP contribution in [-0.4, -0.2) is 37.3 Å². The van der Waals surface area contributed by atoms with Crippen LogP contribution in [0.4, 0.5) is 4.39 Å². The van der Waals surface area contributed by atoms with Crippen LogP contribution in [0.3, 0.4) is 0 Å². The lowest BCUT2D eigenvalue weighted by molar-refractivity contribution is -0.123. The summed E-state index contributed by atoms with van der Waals surface area (Å²) in [6.07, 6.45) is 1.49. The zero-order chi connectivity index (χ0) is 25.3. The van der Waals surface area contributed by atoms with Gasteiger partial charge in [-0.25, -0.2) is 9.82 Å². The largest absolute Gasteiger partial charge is 0.493 e. The summed E-state index contributed by atoms with van der Waals surface area (Å²) in [5.74, 6) is 3.24. The summed E-state index contributed by atoms with van der Waals surface area (Å²) in [7, 11) is 1.52. The van der Waals surface area contributed by atoms with Crippen molar-refractivity contribution in [1.29, 1.82) is 0 Å². The van der Waals surface area contributed by atoms with Crippen LogP contribution in [0.15, 0.2) is 70.2 Å². The van der Waals surface area contributed by atoms with Gasteiger partial charge in [-0.3, -0.25) is 4.79 Å². The molecule has 1 aliphatic heterocycles. The molecule has 0 aliphatic carbocycles. The van der Waals surface area contributed by atoms with Crippen molar-refractivity contribution in [3.05, 3.63) is 87.6 Å². The Hall–Kier alpha value is -2.69. The highest BCUT2D eigenvalue weighted by atomic mass is 79.9. The van der Waals surface area contributed by atoms with E-state index in [1.54, 1.807) is 24.3 Å². The fourth-order valence-electron chi connectivity index (χ4n) is 3.34. The third-order valence-electron chi connectivity index (χ3n) is 5.10. The fourth-order valence-corrected chi connectivity index (χ4v) is 6.62. The van der Waals surface area contributed by atoms with E-state index in [-0.39, 0.29) is 24.9 Å². The second-order valence-electron chi connectivity index (χ2n) is 7.67. The predicted molar refractivity (Wildman–Crippen MR) is 147 cm³/mol. The van der Waals surface area contributed by atoms with Crippen LogP contribution in [0.2, 0.25) is 0 Å². The summed E-state index contributed by atoms with van der Waals surface area (Å²) in [6, 6.07) is 17.5. The number of ether oxygens (including phenoxy) is 3. The van der Waals surface area contributed by atoms with Crippen molar-refractivity contribution in [3.8, 4) is 17.2 Å². The second kappa shape index (κ2) is 13.0. The van der Waals surface area contributed by atoms with E-state index in [1.165, 1.54) is 42.5 Å². The number of amides is 1. The Kier molecular flexibility index (Phi) is 9.54. The van der Waals surface area contributed by atoms with Gasteiger partial charge in [0.2, 0.25) is 0 Å². The number of hydrogen-bond acceptors (Lipinski definition) is 7. The molecule has 36 heavy (non-hydrogen) atoms. The lowest BCUT2D eigenvalue weighted by Gasteiger charge is -2.13. The van der Waals surface area contributed by atoms with Crippen LogP contribution in [0.1, 0.15) is 21.3 Å². The van der Waals surface area contributed by atoms with Crippen molar-refractivity contribution < 1.29 is 23.4 Å². The van der Waals surface area contributed by atoms with Gasteiger partial charge in [0.25, 0.3) is 5.91 Å². The molecule has 0 saturated carbocycles. The van der Waals surface area contributed by atoms with Gasteiger partial charge in [0, 0.05) is 21.5 Å². The SMILES string of the molecule is COc1cc(/C=N\NC(=O)COc2ccc(C3SCCS3)cc2)c(Br)cc1OCc1cccc(F)c1. The molecule has 1 amide bonds. The molecule has 188 valence electrons. The van der Waals surface area contributed by atoms with Gasteiger partial charge in [-0.15, -0.1) is 23.5 Å². The van der Waals surface area contributed by atoms with Gasteiger partial charge in [0.15, 0.2) is 18.1 Å². The number of benzene rings is 3. The average molecular weight is 592 g/mol. The maximum Gasteiger partial charge on any atom is 0.277 e. The first-order chi connectivity index (χ1) is 17.5. The summed E-state index contributed by atoms with van der Waals surface area (Å²) in [6.45, 7) is 0.0340. The van der Waals surface area contributed by atoms with Gasteiger partial charge < -0.3 is 14.2 Å². The van der Waals surface area contributed by atoms with Gasteiger partial charge in [-0.1, -0.05) is 24.3 Å². The molecule has 0 atom stereocenters. The molecule has 1 fully saturated rings. The van der Waals surface area contributed by atoms with E-state index >= 15 is 0 Å². The number of halogens is 2. The van der Waals surface area contributed by atoms with Crippen molar-refractivity contribution in [2.75, 3.05) is 25.2 Å². The van der Waals surface area contributed by atoms with E-state index in [0.29, 0.717) is 37.4 Å². The number of nitrogens with zero attached hydrogens (tertiary/aromatic N) is 1. The van der Waals surface area contributed by atoms with Crippen LogP contribution in [0, 0.1) is 5.82 Å². The van der Waals surface area contributed by atoms with Crippen LogP contribution < -0.4 is 19.6 Å². The molecular weight excluding hydrogens is 567 g/mol. The molecule has 1 N–H and O–H groups in total. The Balaban J connectivity index is 1.28. The van der Waals surface area contributed by atoms with E-state index < -0.39 is 0 Å². The van der Waals surface area contributed by atoms with Crippen molar-refractivity contribution in [2.45, 2.75) is 11.2 Å². The second-order valence-corrected chi connectivity index (χ2v) is 11.2. The molecule has 10 heteroatoms. The van der Waals surface area contributed by atoms with Crippen molar-refractivity contribution in [2.24, 2.45) is 5.10 Å². The van der Waals surface area contributed by atoms with Crippen LogP contribution in [0.25, 0.3) is 0 Å². The summed E-state index contributed by atoms with van der Waals surface area (Å²) in [5, 5.41) is 4.01. The Morgan fingerprint density at radius 2 is 1.89 bits per heavy atom. The number of nitrogens with one attached hydrogen (secondary N) is 1. The molecule has 0 radical (unpaired) electrons. The molecule has 6 nitrogen and oxygen atoms in total. The number of hydrogen-bond donors (Lipinski definition) is 1. The van der Waals surface area contributed by atoms with Crippen molar-refractivity contribution in [1.82, 2.24) is 5.43 Å². The number of methoxy groups -OCH3 is 1. The number of hydrazone groups is 1. The highest BCUT2D eigenvalue weighted by Gasteiger charge is 2.18. The predicted octanol–water partition coefficient (Wildman–Crippen LogP) is 6.18. The molecule has 0 unspecified atom stereocenters. The lowest BCUT2D eigenvalue weighted by Crippen LogP contribution is -2.24. The van der Waals surface area contributed by atoms with Crippen LogP contribution in [-0.2, 0) is 11.4 Å². The van der Waals surface area contributed by atoms with Crippen molar-refractivity contribution in [3.63, 3.8) is 0 Å². The first kappa shape index (κ1) is 26.4. The van der Waals surface area contributed by atoms with Crippen LogP contribution >= 0.6 is 39.5 Å². The van der Waals surface area contributed by atoms with E-state index in [4.69, 9.17) is 14.2 Å². The average Bonchev–Trinajstić information content (AvgIpc) is 3.43. The molecule has 0 bridgehead atoms. The highest BCUT2D eigenvalue weighted by molar-refractivity contribution is 9.10. The number of carbonyl (C=O) groups excluding carboxylic acids is 1. The van der Waals surface area contributed by atoms with Gasteiger partial charge in [0.1, 0.15) is 18.2 Å². The third-order valence-corrected chi connectivity index (χ3v) is 8.89. The Morgan fingerprint density at radius 1 is 1.11 bits per heavy atom. The maximum atomic E-state index is 13.4. The van der Waals surface area contributed by atoms with E-state index in [0.717, 1.165) is 0 Å². The monoisotopic (exact) mass is 590 g/mol. The smallest absolute Gasteiger partial charge is 0.277 e. The minimum atomic E-state index is -0.379. The van der Waals surface area contributed by atoms with E-state index in [1.807, 2.05) is 47.8 Å². The normalized spacial score (nSPS) is 13.6. The minimum absolute atomic E-state index is 0.152. The lowest BCUT2D eigenvalue weighted by atomic mass is 10.2. The Morgan fingerprint density at radius 3 is 2.61 bits per heavy atom. The molecule has 4 rings (SSSR count). The van der Waals surface area contributed by atoms with E-state index in [2.05, 4.69) is 26.5 Å². The molecule has 0 aromatic heterocycles. The molecule has 1 aliphatic rings. The molecule has 1 heterocycles. The number of thioether (sulfide) groups is 2. The zero-order valence-corrected chi connectivity index (χ0v) is 22.6. The summed E-state index contributed by atoms with van der Waals surface area (Å²) >= 11 is 7.37. The molecule has 3 aromatic rings. The first-order valence-electron chi connectivity index (χ1n) is 11.0. The summed E-state index contributed by atoms with van der Waals surface area (Å²) in [4.78, 5) is 12.1. The quantitative estimate of drug-likeness (QED) is 0.224. The summed E-state index contributed by atoms with van der Waals surface area (Å²) in [5.41, 5.74) is 5.09. The van der Waals surface area contributed by atoms with Gasteiger partial charge in [-0.05, 0) is 63.5 Å².